The van der Waals surface area contributed by atoms with Crippen molar-refractivity contribution in [3.8, 4) is 5.75 Å². The van der Waals surface area contributed by atoms with Gasteiger partial charge in [-0.25, -0.2) is 4.79 Å². The van der Waals surface area contributed by atoms with E-state index in [1.54, 1.807) is 42.0 Å². The molecule has 1 fully saturated rings. The number of hydrogen-bond donors (Lipinski definition) is 1. The van der Waals surface area contributed by atoms with Gasteiger partial charge >= 0.3 is 11.9 Å². The van der Waals surface area contributed by atoms with Crippen molar-refractivity contribution in [1.82, 2.24) is 9.47 Å². The van der Waals surface area contributed by atoms with Crippen LogP contribution in [-0.4, -0.2) is 47.0 Å². The fraction of sp³-hybridized carbons (Fsp3) is 0.286. The number of halogens is 2. The van der Waals surface area contributed by atoms with E-state index in [9.17, 15) is 14.4 Å². The number of rotatable bonds is 12. The number of nitrogen functional groups attached to an aromatic ring is 1. The van der Waals surface area contributed by atoms with Crippen LogP contribution in [0.15, 0.2) is 126 Å². The van der Waals surface area contributed by atoms with E-state index in [2.05, 4.69) is 27.8 Å². The first-order valence-electron chi connectivity index (χ1n) is 20.2. The van der Waals surface area contributed by atoms with Gasteiger partial charge in [-0.1, -0.05) is 98.5 Å². The number of esters is 2. The molecule has 0 bridgehead atoms. The molecule has 7 rings (SSSR count). The summed E-state index contributed by atoms with van der Waals surface area (Å²) in [6, 6.07) is 37.3. The molecule has 11 heteroatoms. The molecule has 312 valence electrons. The Morgan fingerprint density at radius 3 is 2.02 bits per heavy atom. The number of fused-ring (bicyclic) bond motifs is 1. The number of aromatic nitrogens is 1. The molecular formula is C49H51BrClN3O6. The number of hydrogen-bond acceptors (Lipinski definition) is 8. The highest BCUT2D eigenvalue weighted by atomic mass is 79.9. The predicted molar refractivity (Wildman–Crippen MR) is 241 cm³/mol. The minimum Gasteiger partial charge on any atom is -0.497 e. The number of nitrogens with two attached hydrogens (primary N) is 1. The van der Waals surface area contributed by atoms with Crippen molar-refractivity contribution < 1.29 is 28.6 Å². The van der Waals surface area contributed by atoms with Gasteiger partial charge in [-0.15, -0.1) is 0 Å². The molecular weight excluding hydrogens is 842 g/mol. The Labute approximate surface area is 365 Å². The highest BCUT2D eigenvalue weighted by molar-refractivity contribution is 9.10. The van der Waals surface area contributed by atoms with Crippen molar-refractivity contribution in [2.24, 2.45) is 0 Å². The average Bonchev–Trinajstić information content (AvgIpc) is 3.60. The third-order valence-electron chi connectivity index (χ3n) is 10.9. The van der Waals surface area contributed by atoms with Crippen LogP contribution in [0.25, 0.3) is 10.9 Å². The number of anilines is 1. The zero-order chi connectivity index (χ0) is 42.8. The van der Waals surface area contributed by atoms with Crippen LogP contribution in [0.3, 0.4) is 0 Å². The third kappa shape index (κ3) is 10.8. The predicted octanol–water partition coefficient (Wildman–Crippen LogP) is 11.7. The molecule has 9 nitrogen and oxygen atoms in total. The summed E-state index contributed by atoms with van der Waals surface area (Å²) in [6.45, 7) is 7.01. The topological polar surface area (TPSA) is 113 Å². The Hall–Kier alpha value is -5.42. The Morgan fingerprint density at radius 2 is 1.43 bits per heavy atom. The number of benzene rings is 5. The van der Waals surface area contributed by atoms with E-state index in [1.165, 1.54) is 39.0 Å². The molecule has 0 amide bonds. The van der Waals surface area contributed by atoms with Gasteiger partial charge in [0.05, 0.1) is 23.9 Å². The van der Waals surface area contributed by atoms with Crippen molar-refractivity contribution in [3.63, 3.8) is 0 Å². The van der Waals surface area contributed by atoms with Gasteiger partial charge in [0.15, 0.2) is 12.2 Å². The van der Waals surface area contributed by atoms with Crippen LogP contribution in [0.4, 0.5) is 5.69 Å². The lowest BCUT2D eigenvalue weighted by Gasteiger charge is -2.34. The quantitative estimate of drug-likeness (QED) is 0.0955. The van der Waals surface area contributed by atoms with E-state index in [4.69, 9.17) is 31.5 Å². The molecule has 1 aliphatic carbocycles. The normalized spacial score (nSPS) is 13.8. The maximum Gasteiger partial charge on any atom is 0.338 e. The van der Waals surface area contributed by atoms with E-state index in [0.717, 1.165) is 45.6 Å². The minimum atomic E-state index is -0.848. The molecule has 6 aromatic rings. The standard InChI is InChI=1S/C32H37BrN2O4.C17H14ClNO2/c1-3-35(27-17-11-6-12-18-27)21-26-19-25(20-28(33)29(26)34)32(37)39-31(24-15-9-5-10-16-24)30(38-22(2)36)23-13-7-4-8-14-23;1-11-9-13-10-15(21-2)7-8-16(13)19(11)17(20)12-3-5-14(18)6-4-12/h4-5,7-10,13-16,19-20,27,30-31H,3,6,11-12,17-18,21,34H2,1-2H3;3-10H,1-2H3. The lowest BCUT2D eigenvalue weighted by molar-refractivity contribution is -0.153. The maximum atomic E-state index is 13.7. The molecule has 0 saturated heterocycles. The van der Waals surface area contributed by atoms with E-state index in [1.807, 2.05) is 97.9 Å². The average molecular weight is 893 g/mol. The van der Waals surface area contributed by atoms with Crippen LogP contribution >= 0.6 is 27.5 Å². The van der Waals surface area contributed by atoms with Crippen LogP contribution in [0.5, 0.6) is 5.75 Å². The molecule has 1 saturated carbocycles. The van der Waals surface area contributed by atoms with Crippen LogP contribution in [0, 0.1) is 6.92 Å². The summed E-state index contributed by atoms with van der Waals surface area (Å²) in [5, 5.41) is 1.60. The number of aryl methyl sites for hydroxylation is 1. The summed E-state index contributed by atoms with van der Waals surface area (Å²) in [5.74, 6) is -0.261. The number of nitrogens with zero attached hydrogens (tertiary/aromatic N) is 2. The third-order valence-corrected chi connectivity index (χ3v) is 11.8. The monoisotopic (exact) mass is 891 g/mol. The Bertz CT molecular complexity index is 2400. The summed E-state index contributed by atoms with van der Waals surface area (Å²) in [6.07, 6.45) is 4.51. The molecule has 1 aliphatic rings. The first-order chi connectivity index (χ1) is 29.0. The van der Waals surface area contributed by atoms with Crippen molar-refractivity contribution in [1.29, 1.82) is 0 Å². The first-order valence-corrected chi connectivity index (χ1v) is 21.4. The maximum absolute atomic E-state index is 13.7. The van der Waals surface area contributed by atoms with Gasteiger partial charge in [-0.3, -0.25) is 19.1 Å². The molecule has 0 aliphatic heterocycles. The number of carbonyl (C=O) groups is 3. The Balaban J connectivity index is 0.000000240. The SMILES string of the molecule is CCN(Cc1cc(C(=O)OC(c2ccccc2)C(OC(C)=O)c2ccccc2)cc(Br)c1N)C1CCCCC1.COc1ccc2c(c1)cc(C)n2C(=O)c1ccc(Cl)cc1. The molecule has 0 radical (unpaired) electrons. The minimum absolute atomic E-state index is 0.0654. The van der Waals surface area contributed by atoms with Crippen LogP contribution < -0.4 is 10.5 Å². The fourth-order valence-electron chi connectivity index (χ4n) is 7.79. The molecule has 1 heterocycles. The van der Waals surface area contributed by atoms with E-state index < -0.39 is 24.1 Å². The summed E-state index contributed by atoms with van der Waals surface area (Å²) in [4.78, 5) is 41.0. The van der Waals surface area contributed by atoms with Gasteiger partial charge in [-0.2, -0.15) is 0 Å². The van der Waals surface area contributed by atoms with Gasteiger partial charge in [0.2, 0.25) is 0 Å². The number of methoxy groups -OCH3 is 1. The fourth-order valence-corrected chi connectivity index (χ4v) is 8.42. The molecule has 0 spiro atoms. The van der Waals surface area contributed by atoms with Crippen LogP contribution in [-0.2, 0) is 20.8 Å². The van der Waals surface area contributed by atoms with Gasteiger partial charge in [-0.05, 0) is 120 Å². The van der Waals surface area contributed by atoms with Crippen molar-refractivity contribution in [2.45, 2.75) is 77.7 Å². The van der Waals surface area contributed by atoms with E-state index >= 15 is 0 Å². The lowest BCUT2D eigenvalue weighted by atomic mass is 9.93. The van der Waals surface area contributed by atoms with Gasteiger partial charge in [0, 0.05) is 45.6 Å². The van der Waals surface area contributed by atoms with Gasteiger partial charge in [0.25, 0.3) is 5.91 Å². The van der Waals surface area contributed by atoms with E-state index in [0.29, 0.717) is 38.9 Å². The largest absolute Gasteiger partial charge is 0.497 e. The summed E-state index contributed by atoms with van der Waals surface area (Å²) in [5.41, 5.74) is 12.2. The molecule has 60 heavy (non-hydrogen) atoms. The van der Waals surface area contributed by atoms with Crippen molar-refractivity contribution in [3.05, 3.63) is 164 Å². The van der Waals surface area contributed by atoms with Gasteiger partial charge in [0.1, 0.15) is 5.75 Å². The van der Waals surface area contributed by atoms with Crippen molar-refractivity contribution in [2.75, 3.05) is 19.4 Å². The Morgan fingerprint density at radius 1 is 0.817 bits per heavy atom. The Kier molecular flexibility index (Phi) is 15.2. The second-order valence-corrected chi connectivity index (χ2v) is 16.2. The van der Waals surface area contributed by atoms with Gasteiger partial charge < -0.3 is 19.9 Å². The zero-order valence-electron chi connectivity index (χ0n) is 34.4. The highest BCUT2D eigenvalue weighted by Crippen LogP contribution is 2.37. The molecule has 1 aromatic heterocycles. The lowest BCUT2D eigenvalue weighted by Crippen LogP contribution is -2.36. The second kappa shape index (κ2) is 20.7. The van der Waals surface area contributed by atoms with Crippen LogP contribution in [0.2, 0.25) is 5.02 Å². The number of carbonyl (C=O) groups excluding carboxylic acids is 3. The first kappa shape index (κ1) is 44.1. The highest BCUT2D eigenvalue weighted by Gasteiger charge is 2.32. The summed E-state index contributed by atoms with van der Waals surface area (Å²) >= 11 is 9.43. The number of ether oxygens (including phenoxy) is 3. The molecule has 5 aromatic carbocycles. The second-order valence-electron chi connectivity index (χ2n) is 14.9. The van der Waals surface area contributed by atoms with E-state index in [-0.39, 0.29) is 5.91 Å². The summed E-state index contributed by atoms with van der Waals surface area (Å²) in [7, 11) is 1.63. The molecule has 2 atom stereocenters. The smallest absolute Gasteiger partial charge is 0.338 e. The zero-order valence-corrected chi connectivity index (χ0v) is 36.7. The molecule has 2 unspecified atom stereocenters. The molecule has 2 N–H and O–H groups in total. The van der Waals surface area contributed by atoms with Crippen molar-refractivity contribution >= 4 is 62.0 Å². The van der Waals surface area contributed by atoms with Crippen LogP contribution in [0.1, 0.15) is 101 Å². The summed E-state index contributed by atoms with van der Waals surface area (Å²) < 4.78 is 19.5.